The Morgan fingerprint density at radius 2 is 1.96 bits per heavy atom. The number of amides is 2. The van der Waals surface area contributed by atoms with Crippen LogP contribution in [0.2, 0.25) is 0 Å². The summed E-state index contributed by atoms with van der Waals surface area (Å²) in [6.07, 6.45) is 2.52. The molecule has 1 unspecified atom stereocenters. The molecule has 1 aliphatic heterocycles. The zero-order valence-electron chi connectivity index (χ0n) is 15.1. The topological polar surface area (TPSA) is 94.6 Å². The standard InChI is InChI=1S/C19H20N4O3S2/c24-16(15-2-1-9-23(15)19(25)26)22-18-21-14(10-28-18)11-3-5-12(6-4-11)17(27)20-13-7-8-13/h3-6,10,13,15H,1-2,7-9H2,(H,20,27)(H,25,26)(H,21,22,24). The SMILES string of the molecule is O=C(Nc1nc(-c2ccc(C(=S)NC3CC3)cc2)cs1)C1CCCN1C(=O)O. The van der Waals surface area contributed by atoms with Crippen LogP contribution in [0.1, 0.15) is 31.2 Å². The van der Waals surface area contributed by atoms with Crippen molar-refractivity contribution in [2.24, 2.45) is 0 Å². The molecule has 2 amide bonds. The lowest BCUT2D eigenvalue weighted by atomic mass is 10.1. The Bertz CT molecular complexity index is 908. The van der Waals surface area contributed by atoms with E-state index in [4.69, 9.17) is 12.2 Å². The van der Waals surface area contributed by atoms with Gasteiger partial charge in [-0.25, -0.2) is 9.78 Å². The summed E-state index contributed by atoms with van der Waals surface area (Å²) in [4.78, 5) is 30.0. The number of anilines is 1. The molecule has 9 heteroatoms. The highest BCUT2D eigenvalue weighted by atomic mass is 32.1. The normalized spacial score (nSPS) is 18.7. The summed E-state index contributed by atoms with van der Waals surface area (Å²) in [6, 6.07) is 7.72. The number of rotatable bonds is 5. The van der Waals surface area contributed by atoms with Crippen molar-refractivity contribution in [3.63, 3.8) is 0 Å². The number of thiocarbonyl (C=S) groups is 1. The fraction of sp³-hybridized carbons (Fsp3) is 0.368. The van der Waals surface area contributed by atoms with Gasteiger partial charge in [0, 0.05) is 29.1 Å². The van der Waals surface area contributed by atoms with Gasteiger partial charge >= 0.3 is 6.09 Å². The lowest BCUT2D eigenvalue weighted by Crippen LogP contribution is -2.42. The second-order valence-corrected chi connectivity index (χ2v) is 8.25. The number of thiazole rings is 1. The maximum absolute atomic E-state index is 12.4. The lowest BCUT2D eigenvalue weighted by molar-refractivity contribution is -0.119. The highest BCUT2D eigenvalue weighted by Crippen LogP contribution is 2.27. The van der Waals surface area contributed by atoms with Gasteiger partial charge in [-0.3, -0.25) is 9.69 Å². The monoisotopic (exact) mass is 416 g/mol. The van der Waals surface area contributed by atoms with E-state index >= 15 is 0 Å². The van der Waals surface area contributed by atoms with Gasteiger partial charge in [0.1, 0.15) is 11.0 Å². The van der Waals surface area contributed by atoms with Crippen LogP contribution in [-0.4, -0.2) is 50.6 Å². The summed E-state index contributed by atoms with van der Waals surface area (Å²) in [7, 11) is 0. The molecule has 7 nitrogen and oxygen atoms in total. The number of carboxylic acid groups (broad SMARTS) is 1. The van der Waals surface area contributed by atoms with E-state index in [1.165, 1.54) is 29.1 Å². The molecule has 0 radical (unpaired) electrons. The molecule has 2 heterocycles. The molecule has 0 spiro atoms. The molecule has 1 aromatic carbocycles. The Morgan fingerprint density at radius 1 is 1.21 bits per heavy atom. The van der Waals surface area contributed by atoms with Crippen molar-refractivity contribution in [2.45, 2.75) is 37.8 Å². The highest BCUT2D eigenvalue weighted by Gasteiger charge is 2.34. The van der Waals surface area contributed by atoms with Crippen molar-refractivity contribution >= 4 is 45.7 Å². The van der Waals surface area contributed by atoms with Crippen LogP contribution in [0.4, 0.5) is 9.93 Å². The van der Waals surface area contributed by atoms with Gasteiger partial charge in [-0.2, -0.15) is 0 Å². The number of nitrogens with zero attached hydrogens (tertiary/aromatic N) is 2. The van der Waals surface area contributed by atoms with Crippen molar-refractivity contribution in [3.8, 4) is 11.3 Å². The average Bonchev–Trinajstić information content (AvgIpc) is 3.18. The van der Waals surface area contributed by atoms with Crippen LogP contribution in [-0.2, 0) is 4.79 Å². The number of carbonyl (C=O) groups is 2. The van der Waals surface area contributed by atoms with Crippen LogP contribution < -0.4 is 10.6 Å². The first-order valence-corrected chi connectivity index (χ1v) is 10.5. The Morgan fingerprint density at radius 3 is 2.64 bits per heavy atom. The molecule has 4 rings (SSSR count). The van der Waals surface area contributed by atoms with Gasteiger partial charge in [0.25, 0.3) is 0 Å². The van der Waals surface area contributed by atoms with E-state index in [2.05, 4.69) is 15.6 Å². The molecule has 0 bridgehead atoms. The molecule has 2 aliphatic rings. The predicted octanol–water partition coefficient (Wildman–Crippen LogP) is 3.32. The minimum absolute atomic E-state index is 0.326. The second kappa shape index (κ2) is 7.84. The van der Waals surface area contributed by atoms with Crippen LogP contribution in [0.5, 0.6) is 0 Å². The molecule has 146 valence electrons. The van der Waals surface area contributed by atoms with Gasteiger partial charge in [0.05, 0.1) is 5.69 Å². The lowest BCUT2D eigenvalue weighted by Gasteiger charge is -2.19. The fourth-order valence-corrected chi connectivity index (χ4v) is 4.23. The minimum atomic E-state index is -1.06. The number of hydrogen-bond donors (Lipinski definition) is 3. The molecule has 1 saturated heterocycles. The Labute approximate surface area is 171 Å². The highest BCUT2D eigenvalue weighted by molar-refractivity contribution is 7.80. The van der Waals surface area contributed by atoms with E-state index in [1.807, 2.05) is 29.6 Å². The van der Waals surface area contributed by atoms with Crippen molar-refractivity contribution in [2.75, 3.05) is 11.9 Å². The first kappa shape index (κ1) is 18.8. The maximum Gasteiger partial charge on any atom is 0.407 e. The van der Waals surface area contributed by atoms with Crippen molar-refractivity contribution < 1.29 is 14.7 Å². The Kier molecular flexibility index (Phi) is 5.27. The number of aromatic nitrogens is 1. The Balaban J connectivity index is 1.40. The number of carbonyl (C=O) groups excluding carboxylic acids is 1. The van der Waals surface area contributed by atoms with E-state index < -0.39 is 12.1 Å². The van der Waals surface area contributed by atoms with Gasteiger partial charge < -0.3 is 15.7 Å². The smallest absolute Gasteiger partial charge is 0.407 e. The van der Waals surface area contributed by atoms with Gasteiger partial charge in [-0.05, 0) is 25.7 Å². The van der Waals surface area contributed by atoms with E-state index in [0.29, 0.717) is 30.6 Å². The summed E-state index contributed by atoms with van der Waals surface area (Å²) >= 11 is 6.73. The van der Waals surface area contributed by atoms with E-state index in [1.54, 1.807) is 0 Å². The van der Waals surface area contributed by atoms with Crippen LogP contribution in [0.15, 0.2) is 29.6 Å². The summed E-state index contributed by atoms with van der Waals surface area (Å²) in [6.45, 7) is 0.389. The molecule has 2 aromatic rings. The number of nitrogens with one attached hydrogen (secondary N) is 2. The van der Waals surface area contributed by atoms with Gasteiger partial charge in [-0.1, -0.05) is 36.5 Å². The third kappa shape index (κ3) is 4.15. The number of likely N-dealkylation sites (tertiary alicyclic amines) is 1. The first-order chi connectivity index (χ1) is 13.5. The molecule has 1 atom stereocenters. The summed E-state index contributed by atoms with van der Waals surface area (Å²) < 4.78 is 0. The average molecular weight is 417 g/mol. The summed E-state index contributed by atoms with van der Waals surface area (Å²) in [5.74, 6) is -0.326. The predicted molar refractivity (Wildman–Crippen MR) is 112 cm³/mol. The second-order valence-electron chi connectivity index (χ2n) is 6.99. The fourth-order valence-electron chi connectivity index (χ4n) is 3.21. The van der Waals surface area contributed by atoms with Crippen molar-refractivity contribution in [1.82, 2.24) is 15.2 Å². The summed E-state index contributed by atoms with van der Waals surface area (Å²) in [5, 5.41) is 17.6. The molecular formula is C19H20N4O3S2. The van der Waals surface area contributed by atoms with E-state index in [0.717, 1.165) is 21.8 Å². The minimum Gasteiger partial charge on any atom is -0.465 e. The third-order valence-electron chi connectivity index (χ3n) is 4.89. The Hall–Kier alpha value is -2.52. The van der Waals surface area contributed by atoms with Gasteiger partial charge in [0.15, 0.2) is 5.13 Å². The van der Waals surface area contributed by atoms with Crippen LogP contribution in [0.3, 0.4) is 0 Å². The number of benzene rings is 1. The van der Waals surface area contributed by atoms with Crippen molar-refractivity contribution in [1.29, 1.82) is 0 Å². The van der Waals surface area contributed by atoms with E-state index in [-0.39, 0.29) is 5.91 Å². The molecule has 1 aromatic heterocycles. The van der Waals surface area contributed by atoms with E-state index in [9.17, 15) is 14.7 Å². The van der Waals surface area contributed by atoms with Crippen LogP contribution in [0, 0.1) is 0 Å². The molecule has 28 heavy (non-hydrogen) atoms. The van der Waals surface area contributed by atoms with Gasteiger partial charge in [-0.15, -0.1) is 11.3 Å². The zero-order valence-corrected chi connectivity index (χ0v) is 16.7. The molecule has 1 saturated carbocycles. The third-order valence-corrected chi connectivity index (χ3v) is 6.00. The first-order valence-electron chi connectivity index (χ1n) is 9.18. The van der Waals surface area contributed by atoms with Crippen LogP contribution >= 0.6 is 23.6 Å². The maximum atomic E-state index is 12.4. The quantitative estimate of drug-likeness (QED) is 0.648. The zero-order chi connectivity index (χ0) is 19.7. The molecule has 1 aliphatic carbocycles. The molecule has 2 fully saturated rings. The molecule has 3 N–H and O–H groups in total. The van der Waals surface area contributed by atoms with Crippen LogP contribution in [0.25, 0.3) is 11.3 Å². The van der Waals surface area contributed by atoms with Gasteiger partial charge in [0.2, 0.25) is 5.91 Å². The largest absolute Gasteiger partial charge is 0.465 e. The number of hydrogen-bond acceptors (Lipinski definition) is 5. The summed E-state index contributed by atoms with van der Waals surface area (Å²) in [5.41, 5.74) is 2.67. The molecular weight excluding hydrogens is 396 g/mol. The van der Waals surface area contributed by atoms with Crippen molar-refractivity contribution in [3.05, 3.63) is 35.2 Å².